The molecule has 0 atom stereocenters. The zero-order valence-electron chi connectivity index (χ0n) is 20.6. The van der Waals surface area contributed by atoms with Gasteiger partial charge in [0.2, 0.25) is 0 Å². The van der Waals surface area contributed by atoms with Crippen molar-refractivity contribution in [3.63, 3.8) is 0 Å². The van der Waals surface area contributed by atoms with Gasteiger partial charge in [0.15, 0.2) is 11.5 Å². The van der Waals surface area contributed by atoms with Crippen LogP contribution in [-0.4, -0.2) is 38.8 Å². The van der Waals surface area contributed by atoms with Crippen LogP contribution in [0.15, 0.2) is 90.0 Å². The van der Waals surface area contributed by atoms with Gasteiger partial charge in [0.1, 0.15) is 12.4 Å². The summed E-state index contributed by atoms with van der Waals surface area (Å²) in [7, 11) is 3.00. The molecule has 0 bridgehead atoms. The second kappa shape index (κ2) is 12.2. The number of carbonyl (C=O) groups excluding carboxylic acids is 2. The monoisotopic (exact) mass is 497 g/mol. The highest BCUT2D eigenvalue weighted by Crippen LogP contribution is 2.28. The van der Waals surface area contributed by atoms with Crippen molar-refractivity contribution in [1.82, 2.24) is 10.7 Å². The lowest BCUT2D eigenvalue weighted by Crippen LogP contribution is -2.34. The van der Waals surface area contributed by atoms with Gasteiger partial charge in [-0.3, -0.25) is 9.59 Å². The Morgan fingerprint density at radius 2 is 1.57 bits per heavy atom. The van der Waals surface area contributed by atoms with Crippen molar-refractivity contribution >= 4 is 28.8 Å². The number of nitrogens with zero attached hydrogens (tertiary/aromatic N) is 1. The highest BCUT2D eigenvalue weighted by molar-refractivity contribution is 6.03. The highest BCUT2D eigenvalue weighted by atomic mass is 16.5. The van der Waals surface area contributed by atoms with Crippen LogP contribution in [0.25, 0.3) is 10.8 Å². The van der Waals surface area contributed by atoms with Crippen LogP contribution in [0.3, 0.4) is 0 Å². The van der Waals surface area contributed by atoms with Gasteiger partial charge in [0.25, 0.3) is 11.8 Å². The van der Waals surface area contributed by atoms with E-state index in [1.807, 2.05) is 66.7 Å². The van der Waals surface area contributed by atoms with Gasteiger partial charge >= 0.3 is 0 Å². The number of benzene rings is 4. The summed E-state index contributed by atoms with van der Waals surface area (Å²) >= 11 is 0. The molecule has 2 N–H and O–H groups in total. The van der Waals surface area contributed by atoms with Crippen LogP contribution in [0.2, 0.25) is 0 Å². The van der Waals surface area contributed by atoms with Gasteiger partial charge < -0.3 is 19.5 Å². The maximum absolute atomic E-state index is 12.4. The Bertz CT molecular complexity index is 1420. The lowest BCUT2D eigenvalue weighted by Gasteiger charge is -2.12. The Morgan fingerprint density at radius 3 is 2.35 bits per heavy atom. The number of amides is 2. The Kier molecular flexibility index (Phi) is 8.33. The summed E-state index contributed by atoms with van der Waals surface area (Å²) in [5.74, 6) is 0.668. The predicted molar refractivity (Wildman–Crippen MR) is 142 cm³/mol. The molecular formula is C29H27N3O5. The summed E-state index contributed by atoms with van der Waals surface area (Å²) in [5.41, 5.74) is 4.58. The number of nitrogens with one attached hydrogen (secondary N) is 2. The number of methoxy groups -OCH3 is 2. The van der Waals surface area contributed by atoms with Gasteiger partial charge in [-0.25, -0.2) is 5.43 Å². The van der Waals surface area contributed by atoms with Crippen LogP contribution in [0.5, 0.6) is 17.2 Å². The molecule has 4 rings (SSSR count). The summed E-state index contributed by atoms with van der Waals surface area (Å²) in [6.07, 6.45) is 1.55. The molecule has 0 spiro atoms. The molecule has 0 unspecified atom stereocenters. The molecule has 0 radical (unpaired) electrons. The molecule has 0 saturated heterocycles. The Balaban J connectivity index is 1.41. The van der Waals surface area contributed by atoms with Crippen molar-refractivity contribution in [2.24, 2.45) is 5.10 Å². The number of fused-ring (bicyclic) bond motifs is 1. The molecule has 0 aliphatic rings. The minimum absolute atomic E-state index is 0.253. The standard InChI is InChI=1S/C29H27N3O5/c1-35-26-15-13-22(16-27(26)36-2)29(34)30-18-28(33)32-31-17-24-23-11-7-6-10-21(23)12-14-25(24)37-19-20-8-4-3-5-9-20/h3-17H,18-19H2,1-2H3,(H,30,34)(H,32,33). The third-order valence-electron chi connectivity index (χ3n) is 5.61. The molecule has 0 aliphatic heterocycles. The molecule has 4 aromatic rings. The van der Waals surface area contributed by atoms with Gasteiger partial charge in [-0.1, -0.05) is 60.7 Å². The molecule has 188 valence electrons. The zero-order valence-corrected chi connectivity index (χ0v) is 20.6. The molecule has 37 heavy (non-hydrogen) atoms. The molecule has 2 amide bonds. The Morgan fingerprint density at radius 1 is 0.838 bits per heavy atom. The summed E-state index contributed by atoms with van der Waals surface area (Å²) < 4.78 is 16.5. The topological polar surface area (TPSA) is 98.2 Å². The number of ether oxygens (including phenoxy) is 3. The predicted octanol–water partition coefficient (Wildman–Crippen LogP) is 4.32. The SMILES string of the molecule is COc1ccc(C(=O)NCC(=O)NN=Cc2c(OCc3ccccc3)ccc3ccccc23)cc1OC. The minimum Gasteiger partial charge on any atom is -0.493 e. The van der Waals surface area contributed by atoms with Crippen molar-refractivity contribution in [1.29, 1.82) is 0 Å². The lowest BCUT2D eigenvalue weighted by atomic mass is 10.0. The number of carbonyl (C=O) groups is 2. The van der Waals surface area contributed by atoms with Crippen LogP contribution >= 0.6 is 0 Å². The van der Waals surface area contributed by atoms with E-state index in [0.29, 0.717) is 29.4 Å². The summed E-state index contributed by atoms with van der Waals surface area (Å²) in [6.45, 7) is 0.145. The maximum atomic E-state index is 12.4. The van der Waals surface area contributed by atoms with Crippen LogP contribution in [-0.2, 0) is 11.4 Å². The minimum atomic E-state index is -0.475. The average molecular weight is 498 g/mol. The highest BCUT2D eigenvalue weighted by Gasteiger charge is 2.12. The van der Waals surface area contributed by atoms with E-state index in [-0.39, 0.29) is 6.54 Å². The van der Waals surface area contributed by atoms with Crippen LogP contribution in [0, 0.1) is 0 Å². The normalized spacial score (nSPS) is 10.8. The first-order chi connectivity index (χ1) is 18.1. The second-order valence-electron chi connectivity index (χ2n) is 8.02. The molecule has 8 heteroatoms. The fourth-order valence-corrected chi connectivity index (χ4v) is 3.72. The summed E-state index contributed by atoms with van der Waals surface area (Å²) in [5, 5.41) is 8.64. The number of hydrogen-bond acceptors (Lipinski definition) is 6. The van der Waals surface area contributed by atoms with Crippen LogP contribution < -0.4 is 25.0 Å². The second-order valence-corrected chi connectivity index (χ2v) is 8.02. The van der Waals surface area contributed by atoms with E-state index >= 15 is 0 Å². The van der Waals surface area contributed by atoms with Gasteiger partial charge in [-0.05, 0) is 40.6 Å². The van der Waals surface area contributed by atoms with E-state index in [2.05, 4.69) is 15.8 Å². The summed E-state index contributed by atoms with van der Waals surface area (Å²) in [4.78, 5) is 24.8. The third kappa shape index (κ3) is 6.43. The maximum Gasteiger partial charge on any atom is 0.259 e. The van der Waals surface area contributed by atoms with E-state index in [1.54, 1.807) is 24.4 Å². The number of hydrogen-bond donors (Lipinski definition) is 2. The molecule has 0 saturated carbocycles. The Hall–Kier alpha value is -4.85. The van der Waals surface area contributed by atoms with E-state index in [1.165, 1.54) is 14.2 Å². The smallest absolute Gasteiger partial charge is 0.259 e. The van der Waals surface area contributed by atoms with E-state index in [0.717, 1.165) is 21.9 Å². The molecule has 0 fully saturated rings. The fraction of sp³-hybridized carbons (Fsp3) is 0.138. The van der Waals surface area contributed by atoms with Crippen molar-refractivity contribution in [2.75, 3.05) is 20.8 Å². The molecule has 0 aliphatic carbocycles. The molecule has 8 nitrogen and oxygen atoms in total. The fourth-order valence-electron chi connectivity index (χ4n) is 3.72. The first kappa shape index (κ1) is 25.2. The number of hydrazone groups is 1. The largest absolute Gasteiger partial charge is 0.493 e. The molecule has 0 aromatic heterocycles. The molecule has 4 aromatic carbocycles. The zero-order chi connectivity index (χ0) is 26.0. The van der Waals surface area contributed by atoms with E-state index in [9.17, 15) is 9.59 Å². The lowest BCUT2D eigenvalue weighted by molar-refractivity contribution is -0.120. The quantitative estimate of drug-likeness (QED) is 0.251. The first-order valence-corrected chi connectivity index (χ1v) is 11.6. The van der Waals surface area contributed by atoms with Gasteiger partial charge in [0, 0.05) is 11.1 Å². The van der Waals surface area contributed by atoms with E-state index in [4.69, 9.17) is 14.2 Å². The van der Waals surface area contributed by atoms with E-state index < -0.39 is 11.8 Å². The molecule has 0 heterocycles. The van der Waals surface area contributed by atoms with Crippen molar-refractivity contribution in [2.45, 2.75) is 6.61 Å². The third-order valence-corrected chi connectivity index (χ3v) is 5.61. The van der Waals surface area contributed by atoms with Crippen molar-refractivity contribution in [3.05, 3.63) is 102 Å². The van der Waals surface area contributed by atoms with Crippen molar-refractivity contribution < 1.29 is 23.8 Å². The number of rotatable bonds is 10. The average Bonchev–Trinajstić information content (AvgIpc) is 2.95. The Labute approximate surface area is 214 Å². The molecular weight excluding hydrogens is 470 g/mol. The van der Waals surface area contributed by atoms with Crippen molar-refractivity contribution in [3.8, 4) is 17.2 Å². The van der Waals surface area contributed by atoms with Gasteiger partial charge in [0.05, 0.1) is 27.0 Å². The van der Waals surface area contributed by atoms with Gasteiger partial charge in [-0.15, -0.1) is 0 Å². The van der Waals surface area contributed by atoms with Crippen LogP contribution in [0.1, 0.15) is 21.5 Å². The first-order valence-electron chi connectivity index (χ1n) is 11.6. The van der Waals surface area contributed by atoms with Crippen LogP contribution in [0.4, 0.5) is 0 Å². The van der Waals surface area contributed by atoms with Gasteiger partial charge in [-0.2, -0.15) is 5.10 Å². The summed E-state index contributed by atoms with van der Waals surface area (Å²) in [6, 6.07) is 26.3.